The number of likely N-dealkylation sites (N-methyl/N-ethyl adjacent to an activating group) is 1. The molecule has 1 rings (SSSR count). The maximum atomic E-state index is 11.6. The molecule has 1 N–H and O–H groups in total. The number of nitrogens with one attached hydrogen (secondary N) is 1. The SMILES string of the molecule is CCNC(CC)Cn1cnc(C)cc1=O. The minimum absolute atomic E-state index is 0.0267. The van der Waals surface area contributed by atoms with Crippen LogP contribution in [0.3, 0.4) is 0 Å². The van der Waals surface area contributed by atoms with E-state index in [0.717, 1.165) is 18.7 Å². The van der Waals surface area contributed by atoms with E-state index in [4.69, 9.17) is 0 Å². The van der Waals surface area contributed by atoms with E-state index in [1.165, 1.54) is 0 Å². The van der Waals surface area contributed by atoms with Crippen LogP contribution >= 0.6 is 0 Å². The van der Waals surface area contributed by atoms with Gasteiger partial charge in [0.25, 0.3) is 5.56 Å². The van der Waals surface area contributed by atoms with Gasteiger partial charge in [0.1, 0.15) is 0 Å². The highest BCUT2D eigenvalue weighted by atomic mass is 16.1. The quantitative estimate of drug-likeness (QED) is 0.785. The standard InChI is InChI=1S/C11H19N3O/c1-4-10(12-5-2)7-14-8-13-9(3)6-11(14)15/h6,8,10,12H,4-5,7H2,1-3H3. The highest BCUT2D eigenvalue weighted by molar-refractivity contribution is 4.96. The molecule has 4 heteroatoms. The lowest BCUT2D eigenvalue weighted by molar-refractivity contribution is 0.437. The number of nitrogens with zero attached hydrogens (tertiary/aromatic N) is 2. The zero-order valence-electron chi connectivity index (χ0n) is 9.66. The van der Waals surface area contributed by atoms with Crippen molar-refractivity contribution in [3.8, 4) is 0 Å². The van der Waals surface area contributed by atoms with E-state index >= 15 is 0 Å². The summed E-state index contributed by atoms with van der Waals surface area (Å²) < 4.78 is 1.66. The Balaban J connectivity index is 2.75. The van der Waals surface area contributed by atoms with Crippen molar-refractivity contribution in [1.29, 1.82) is 0 Å². The predicted molar refractivity (Wildman–Crippen MR) is 61.0 cm³/mol. The molecule has 4 nitrogen and oxygen atoms in total. The fourth-order valence-corrected chi connectivity index (χ4v) is 1.52. The molecule has 15 heavy (non-hydrogen) atoms. The molecule has 0 saturated carbocycles. The van der Waals surface area contributed by atoms with E-state index in [2.05, 4.69) is 24.1 Å². The molecule has 0 fully saturated rings. The maximum absolute atomic E-state index is 11.6. The summed E-state index contributed by atoms with van der Waals surface area (Å²) in [5.74, 6) is 0. The minimum Gasteiger partial charge on any atom is -0.312 e. The molecule has 0 spiro atoms. The normalized spacial score (nSPS) is 12.7. The van der Waals surface area contributed by atoms with Crippen molar-refractivity contribution in [1.82, 2.24) is 14.9 Å². The fraction of sp³-hybridized carbons (Fsp3) is 0.636. The lowest BCUT2D eigenvalue weighted by Gasteiger charge is -2.16. The Hall–Kier alpha value is -1.16. The van der Waals surface area contributed by atoms with Crippen LogP contribution in [0.4, 0.5) is 0 Å². The largest absolute Gasteiger partial charge is 0.312 e. The zero-order chi connectivity index (χ0) is 11.3. The molecule has 0 aliphatic carbocycles. The number of aromatic nitrogens is 2. The number of hydrogen-bond acceptors (Lipinski definition) is 3. The summed E-state index contributed by atoms with van der Waals surface area (Å²) in [7, 11) is 0. The van der Waals surface area contributed by atoms with Gasteiger partial charge in [-0.05, 0) is 19.9 Å². The van der Waals surface area contributed by atoms with Gasteiger partial charge < -0.3 is 5.32 Å². The van der Waals surface area contributed by atoms with Gasteiger partial charge in [0, 0.05) is 24.3 Å². The fourth-order valence-electron chi connectivity index (χ4n) is 1.52. The molecule has 1 heterocycles. The van der Waals surface area contributed by atoms with Crippen LogP contribution in [0.5, 0.6) is 0 Å². The van der Waals surface area contributed by atoms with Crippen LogP contribution in [0.15, 0.2) is 17.2 Å². The molecule has 0 saturated heterocycles. The second-order valence-corrected chi connectivity index (χ2v) is 3.68. The summed E-state index contributed by atoms with van der Waals surface area (Å²) in [5.41, 5.74) is 0.798. The first kappa shape index (κ1) is 11.9. The molecule has 0 aromatic carbocycles. The van der Waals surface area contributed by atoms with Gasteiger partial charge in [0.2, 0.25) is 0 Å². The summed E-state index contributed by atoms with van der Waals surface area (Å²) >= 11 is 0. The van der Waals surface area contributed by atoms with Crippen LogP contribution in [0.2, 0.25) is 0 Å². The van der Waals surface area contributed by atoms with Crippen molar-refractivity contribution in [2.45, 2.75) is 39.8 Å². The summed E-state index contributed by atoms with van der Waals surface area (Å²) in [4.78, 5) is 15.7. The lowest BCUT2D eigenvalue weighted by Crippen LogP contribution is -2.36. The van der Waals surface area contributed by atoms with Gasteiger partial charge in [-0.2, -0.15) is 0 Å². The molecule has 1 aromatic rings. The molecule has 0 aliphatic heterocycles. The zero-order valence-corrected chi connectivity index (χ0v) is 9.66. The van der Waals surface area contributed by atoms with E-state index in [-0.39, 0.29) is 5.56 Å². The van der Waals surface area contributed by atoms with E-state index < -0.39 is 0 Å². The van der Waals surface area contributed by atoms with Crippen LogP contribution in [-0.2, 0) is 6.54 Å². The maximum Gasteiger partial charge on any atom is 0.253 e. The third-order valence-corrected chi connectivity index (χ3v) is 2.42. The van der Waals surface area contributed by atoms with Gasteiger partial charge in [-0.25, -0.2) is 4.98 Å². The average Bonchev–Trinajstić information content (AvgIpc) is 2.21. The van der Waals surface area contributed by atoms with Crippen LogP contribution in [0, 0.1) is 6.92 Å². The van der Waals surface area contributed by atoms with Crippen molar-refractivity contribution in [3.63, 3.8) is 0 Å². The first-order valence-corrected chi connectivity index (χ1v) is 5.43. The Morgan fingerprint density at radius 3 is 2.80 bits per heavy atom. The van der Waals surface area contributed by atoms with E-state index in [9.17, 15) is 4.79 Å². The van der Waals surface area contributed by atoms with Crippen molar-refractivity contribution in [3.05, 3.63) is 28.4 Å². The third-order valence-electron chi connectivity index (χ3n) is 2.42. The van der Waals surface area contributed by atoms with Crippen LogP contribution in [0.25, 0.3) is 0 Å². The van der Waals surface area contributed by atoms with Crippen LogP contribution in [-0.4, -0.2) is 22.1 Å². The second-order valence-electron chi connectivity index (χ2n) is 3.68. The highest BCUT2D eigenvalue weighted by Crippen LogP contribution is 1.94. The van der Waals surface area contributed by atoms with Gasteiger partial charge >= 0.3 is 0 Å². The Bertz CT molecular complexity index is 359. The molecule has 84 valence electrons. The minimum atomic E-state index is 0.0267. The van der Waals surface area contributed by atoms with Crippen molar-refractivity contribution in [2.24, 2.45) is 0 Å². The van der Waals surface area contributed by atoms with E-state index in [1.54, 1.807) is 17.0 Å². The Kier molecular flexibility index (Phi) is 4.49. The Morgan fingerprint density at radius 1 is 1.53 bits per heavy atom. The molecule has 1 aromatic heterocycles. The number of aryl methyl sites for hydroxylation is 1. The van der Waals surface area contributed by atoms with Crippen LogP contribution < -0.4 is 10.9 Å². The molecular formula is C11H19N3O. The van der Waals surface area contributed by atoms with Gasteiger partial charge in [0.05, 0.1) is 6.33 Å². The van der Waals surface area contributed by atoms with Gasteiger partial charge in [-0.1, -0.05) is 13.8 Å². The monoisotopic (exact) mass is 209 g/mol. The van der Waals surface area contributed by atoms with E-state index in [1.807, 2.05) is 6.92 Å². The van der Waals surface area contributed by atoms with Gasteiger partial charge in [-0.15, -0.1) is 0 Å². The molecule has 0 aliphatic rings. The first-order valence-electron chi connectivity index (χ1n) is 5.43. The predicted octanol–water partition coefficient (Wildman–Crippen LogP) is 0.940. The van der Waals surface area contributed by atoms with Crippen molar-refractivity contribution in [2.75, 3.05) is 6.54 Å². The first-order chi connectivity index (χ1) is 7.17. The Morgan fingerprint density at radius 2 is 2.27 bits per heavy atom. The summed E-state index contributed by atoms with van der Waals surface area (Å²) in [6.45, 7) is 7.62. The smallest absolute Gasteiger partial charge is 0.253 e. The van der Waals surface area contributed by atoms with E-state index in [0.29, 0.717) is 12.6 Å². The highest BCUT2D eigenvalue weighted by Gasteiger charge is 2.06. The Labute approximate surface area is 90.3 Å². The molecule has 0 bridgehead atoms. The topological polar surface area (TPSA) is 46.9 Å². The lowest BCUT2D eigenvalue weighted by atomic mass is 10.2. The molecule has 1 unspecified atom stereocenters. The summed E-state index contributed by atoms with van der Waals surface area (Å²) in [6.07, 6.45) is 2.63. The van der Waals surface area contributed by atoms with Crippen molar-refractivity contribution < 1.29 is 0 Å². The molecule has 0 amide bonds. The van der Waals surface area contributed by atoms with Crippen molar-refractivity contribution >= 4 is 0 Å². The van der Waals surface area contributed by atoms with Gasteiger partial charge in [-0.3, -0.25) is 9.36 Å². The van der Waals surface area contributed by atoms with Gasteiger partial charge in [0.15, 0.2) is 0 Å². The summed E-state index contributed by atoms with van der Waals surface area (Å²) in [5, 5.41) is 3.34. The second kappa shape index (κ2) is 5.66. The number of rotatable bonds is 5. The average molecular weight is 209 g/mol. The molecule has 1 atom stereocenters. The molecular weight excluding hydrogens is 190 g/mol. The summed E-state index contributed by atoms with van der Waals surface area (Å²) in [6, 6.07) is 1.91. The molecule has 0 radical (unpaired) electrons. The number of hydrogen-bond donors (Lipinski definition) is 1. The van der Waals surface area contributed by atoms with Crippen LogP contribution in [0.1, 0.15) is 26.0 Å². The third kappa shape index (κ3) is 3.47.